The second-order valence-corrected chi connectivity index (χ2v) is 11.0. The van der Waals surface area contributed by atoms with Crippen LogP contribution >= 0.6 is 22.7 Å². The summed E-state index contributed by atoms with van der Waals surface area (Å²) < 4.78 is 69.1. The number of carboxylic acids is 2. The highest BCUT2D eigenvalue weighted by Gasteiger charge is 2.48. The number of piperidine rings is 1. The van der Waals surface area contributed by atoms with Gasteiger partial charge in [0.2, 0.25) is 5.13 Å². The Bertz CT molecular complexity index is 1030. The molecule has 2 aromatic heterocycles. The van der Waals surface area contributed by atoms with Crippen LogP contribution in [0, 0.1) is 18.3 Å². The molecule has 2 fully saturated rings. The molecule has 17 heteroatoms. The van der Waals surface area contributed by atoms with Crippen LogP contribution in [0.5, 0.6) is 0 Å². The van der Waals surface area contributed by atoms with Crippen molar-refractivity contribution in [2.45, 2.75) is 38.7 Å². The van der Waals surface area contributed by atoms with Crippen LogP contribution in [0.15, 0.2) is 16.8 Å². The minimum atomic E-state index is -5.08. The van der Waals surface area contributed by atoms with E-state index in [1.807, 2.05) is 14.0 Å². The number of aryl methyl sites for hydroxylation is 1. The molecule has 2 aliphatic rings. The summed E-state index contributed by atoms with van der Waals surface area (Å²) in [7, 11) is 1.84. The van der Waals surface area contributed by atoms with Gasteiger partial charge in [0.25, 0.3) is 0 Å². The third-order valence-corrected chi connectivity index (χ3v) is 7.90. The van der Waals surface area contributed by atoms with Gasteiger partial charge in [0, 0.05) is 45.8 Å². The molecular weight excluding hydrogens is 578 g/mol. The van der Waals surface area contributed by atoms with Crippen molar-refractivity contribution in [1.82, 2.24) is 15.1 Å². The number of alkyl halides is 6. The molecule has 0 aliphatic carbocycles. The third-order valence-electron chi connectivity index (χ3n) is 6.27. The number of aliphatic carboxylic acids is 2. The van der Waals surface area contributed by atoms with Crippen molar-refractivity contribution in [3.05, 3.63) is 27.4 Å². The van der Waals surface area contributed by atoms with Gasteiger partial charge in [-0.05, 0) is 47.6 Å². The zero-order valence-corrected chi connectivity index (χ0v) is 22.6. The molecule has 9 nitrogen and oxygen atoms in total. The quantitative estimate of drug-likeness (QED) is 0.474. The predicted octanol–water partition coefficient (Wildman–Crippen LogP) is 4.54. The number of halogens is 6. The van der Waals surface area contributed by atoms with Crippen molar-refractivity contribution in [1.29, 1.82) is 0 Å². The van der Waals surface area contributed by atoms with Gasteiger partial charge in [0.15, 0.2) is 0 Å². The van der Waals surface area contributed by atoms with Crippen molar-refractivity contribution < 1.29 is 50.9 Å². The van der Waals surface area contributed by atoms with Gasteiger partial charge in [0.05, 0.1) is 6.61 Å². The van der Waals surface area contributed by atoms with E-state index in [1.165, 1.54) is 24.9 Å². The maximum Gasteiger partial charge on any atom is 0.490 e. The summed E-state index contributed by atoms with van der Waals surface area (Å²) >= 11 is 3.50. The number of carbonyl (C=O) groups is 2. The topological polar surface area (TPSA) is 116 Å². The summed E-state index contributed by atoms with van der Waals surface area (Å²) in [5.41, 5.74) is 1.84. The van der Waals surface area contributed by atoms with E-state index in [-0.39, 0.29) is 0 Å². The first-order valence-electron chi connectivity index (χ1n) is 11.4. The van der Waals surface area contributed by atoms with E-state index < -0.39 is 24.3 Å². The molecule has 1 atom stereocenters. The number of thiophene rings is 1. The van der Waals surface area contributed by atoms with Crippen molar-refractivity contribution in [2.24, 2.45) is 11.3 Å². The Kier molecular flexibility index (Phi) is 11.5. The van der Waals surface area contributed by atoms with Gasteiger partial charge < -0.3 is 19.8 Å². The second kappa shape index (κ2) is 13.7. The second-order valence-electron chi connectivity index (χ2n) is 9.01. The van der Waals surface area contributed by atoms with E-state index in [0.717, 1.165) is 42.9 Å². The van der Waals surface area contributed by atoms with Gasteiger partial charge in [-0.3, -0.25) is 4.90 Å². The first-order valence-corrected chi connectivity index (χ1v) is 13.2. The number of hydrogen-bond acceptors (Lipinski definition) is 9. The number of carboxylic acid groups (broad SMARTS) is 2. The van der Waals surface area contributed by atoms with E-state index in [4.69, 9.17) is 24.5 Å². The summed E-state index contributed by atoms with van der Waals surface area (Å²) in [5.74, 6) is -4.88. The Labute approximate surface area is 228 Å². The van der Waals surface area contributed by atoms with Crippen LogP contribution in [-0.2, 0) is 20.9 Å². The molecule has 0 aromatic carbocycles. The van der Waals surface area contributed by atoms with Crippen LogP contribution in [0.1, 0.15) is 23.4 Å². The number of likely N-dealkylation sites (tertiary alicyclic amines) is 1. The van der Waals surface area contributed by atoms with Gasteiger partial charge in [-0.25, -0.2) is 9.59 Å². The monoisotopic (exact) mass is 606 g/mol. The zero-order chi connectivity index (χ0) is 29.4. The molecule has 0 bridgehead atoms. The Morgan fingerprint density at radius 3 is 2.08 bits per heavy atom. The highest BCUT2D eigenvalue weighted by Crippen LogP contribution is 2.46. The highest BCUT2D eigenvalue weighted by atomic mass is 32.1. The maximum atomic E-state index is 10.6. The normalized spacial score (nSPS) is 19.2. The van der Waals surface area contributed by atoms with Crippen LogP contribution in [0.2, 0.25) is 0 Å². The predicted molar refractivity (Wildman–Crippen MR) is 131 cm³/mol. The number of methoxy groups -OCH3 is 1. The van der Waals surface area contributed by atoms with Gasteiger partial charge in [-0.2, -0.15) is 37.7 Å². The largest absolute Gasteiger partial charge is 0.490 e. The van der Waals surface area contributed by atoms with Crippen molar-refractivity contribution >= 4 is 39.7 Å². The first kappa shape index (κ1) is 32.7. The first-order chi connectivity index (χ1) is 18.1. The van der Waals surface area contributed by atoms with Gasteiger partial charge in [0.1, 0.15) is 5.01 Å². The van der Waals surface area contributed by atoms with E-state index >= 15 is 0 Å². The minimum Gasteiger partial charge on any atom is -0.475 e. The van der Waals surface area contributed by atoms with Crippen molar-refractivity contribution in [2.75, 3.05) is 44.8 Å². The molecule has 0 radical (unpaired) electrons. The van der Waals surface area contributed by atoms with E-state index in [0.29, 0.717) is 11.3 Å². The lowest BCUT2D eigenvalue weighted by Gasteiger charge is -2.42. The standard InChI is InChI=1S/C18H26N4OS2.2C2HF3O2/c1-14-19-20-17(25-14)22-6-4-18(5-7-22)13-21(10-16(18)11-23-2)9-15-3-8-24-12-15;2*3-2(4,5)1(6)7/h3,8,12,16H,4-7,9-11,13H2,1-2H3;2*(H,6,7). The molecule has 2 aliphatic heterocycles. The summed E-state index contributed by atoms with van der Waals surface area (Å²) in [4.78, 5) is 22.8. The molecule has 2 saturated heterocycles. The molecule has 0 saturated carbocycles. The smallest absolute Gasteiger partial charge is 0.475 e. The summed E-state index contributed by atoms with van der Waals surface area (Å²) in [6.07, 6.45) is -7.72. The van der Waals surface area contributed by atoms with E-state index in [9.17, 15) is 26.3 Å². The molecular formula is C22H28F6N4O5S2. The number of nitrogens with zero attached hydrogens (tertiary/aromatic N) is 4. The molecule has 2 N–H and O–H groups in total. The van der Waals surface area contributed by atoms with E-state index in [1.54, 1.807) is 22.7 Å². The molecule has 1 spiro atoms. The SMILES string of the molecule is COCC1CN(Cc2ccsc2)CC12CCN(c1nnc(C)s1)CC2.O=C(O)C(F)(F)F.O=C(O)C(F)(F)F. The molecule has 0 amide bonds. The van der Waals surface area contributed by atoms with Crippen LogP contribution in [0.25, 0.3) is 0 Å². The van der Waals surface area contributed by atoms with Crippen molar-refractivity contribution in [3.8, 4) is 0 Å². The maximum absolute atomic E-state index is 10.6. The molecule has 1 unspecified atom stereocenters. The van der Waals surface area contributed by atoms with Gasteiger partial charge >= 0.3 is 24.3 Å². The van der Waals surface area contributed by atoms with Gasteiger partial charge in [-0.15, -0.1) is 10.2 Å². The van der Waals surface area contributed by atoms with Gasteiger partial charge in [-0.1, -0.05) is 11.3 Å². The fraction of sp³-hybridized carbons (Fsp3) is 0.636. The Balaban J connectivity index is 0.000000317. The highest BCUT2D eigenvalue weighted by molar-refractivity contribution is 7.15. The lowest BCUT2D eigenvalue weighted by Crippen LogP contribution is -2.45. The fourth-order valence-corrected chi connectivity index (χ4v) is 5.86. The molecule has 39 heavy (non-hydrogen) atoms. The van der Waals surface area contributed by atoms with E-state index in [2.05, 4.69) is 36.8 Å². The van der Waals surface area contributed by atoms with Crippen LogP contribution in [0.3, 0.4) is 0 Å². The lowest BCUT2D eigenvalue weighted by molar-refractivity contribution is -0.193. The van der Waals surface area contributed by atoms with Crippen LogP contribution < -0.4 is 4.90 Å². The average molecular weight is 607 g/mol. The Morgan fingerprint density at radius 1 is 1.10 bits per heavy atom. The zero-order valence-electron chi connectivity index (χ0n) is 21.0. The summed E-state index contributed by atoms with van der Waals surface area (Å²) in [5, 5.41) is 29.4. The Hall–Kier alpha value is -2.50. The number of ether oxygens (including phenoxy) is 1. The number of rotatable bonds is 5. The lowest BCUT2D eigenvalue weighted by atomic mass is 9.71. The third kappa shape index (κ3) is 9.88. The molecule has 2 aromatic rings. The Morgan fingerprint density at radius 2 is 1.67 bits per heavy atom. The molecule has 4 rings (SSSR count). The number of aromatic nitrogens is 2. The van der Waals surface area contributed by atoms with Crippen LogP contribution in [-0.4, -0.2) is 89.5 Å². The van der Waals surface area contributed by atoms with Crippen LogP contribution in [0.4, 0.5) is 31.5 Å². The number of anilines is 1. The average Bonchev–Trinajstić information content (AvgIpc) is 3.57. The number of hydrogen-bond donors (Lipinski definition) is 2. The molecule has 4 heterocycles. The summed E-state index contributed by atoms with van der Waals surface area (Å²) in [6, 6.07) is 2.25. The van der Waals surface area contributed by atoms with Crippen molar-refractivity contribution in [3.63, 3.8) is 0 Å². The fourth-order valence-electron chi connectivity index (χ4n) is 4.46. The summed E-state index contributed by atoms with van der Waals surface area (Å²) in [6.45, 7) is 8.49. The minimum absolute atomic E-state index is 0.391. The molecule has 220 valence electrons.